The third kappa shape index (κ3) is 2.33. The Hall–Kier alpha value is -1.90. The van der Waals surface area contributed by atoms with E-state index in [4.69, 9.17) is 5.10 Å². The average molecular weight is 254 g/mol. The van der Waals surface area contributed by atoms with Crippen LogP contribution in [0.3, 0.4) is 0 Å². The third-order valence-corrected chi connectivity index (χ3v) is 3.76. The number of carbonyl (C=O) groups excluding carboxylic acids is 1. The molecule has 1 heterocycles. The number of fused-ring (bicyclic) bond motifs is 1. The summed E-state index contributed by atoms with van der Waals surface area (Å²) < 4.78 is 2.05. The fourth-order valence-electron chi connectivity index (χ4n) is 2.86. The predicted molar refractivity (Wildman–Crippen MR) is 75.0 cm³/mol. The summed E-state index contributed by atoms with van der Waals surface area (Å²) in [5.41, 5.74) is 5.03. The molecule has 3 rings (SSSR count). The zero-order valence-electron chi connectivity index (χ0n) is 11.0. The summed E-state index contributed by atoms with van der Waals surface area (Å²) >= 11 is 0. The van der Waals surface area contributed by atoms with Gasteiger partial charge in [0.15, 0.2) is 0 Å². The van der Waals surface area contributed by atoms with Crippen LogP contribution in [-0.4, -0.2) is 16.1 Å². The molecule has 0 fully saturated rings. The lowest BCUT2D eigenvalue weighted by Crippen LogP contribution is -2.09. The van der Waals surface area contributed by atoms with Crippen LogP contribution >= 0.6 is 0 Å². The van der Waals surface area contributed by atoms with E-state index in [9.17, 15) is 4.79 Å². The van der Waals surface area contributed by atoms with Crippen LogP contribution in [0.1, 0.15) is 30.5 Å². The van der Waals surface area contributed by atoms with Crippen LogP contribution in [0.25, 0.3) is 11.3 Å². The summed E-state index contributed by atoms with van der Waals surface area (Å²) in [6.07, 6.45) is 6.19. The molecule has 0 saturated heterocycles. The van der Waals surface area contributed by atoms with Crippen LogP contribution in [0.15, 0.2) is 30.3 Å². The minimum atomic E-state index is 0.544. The lowest BCUT2D eigenvalue weighted by atomic mass is 9.93. The minimum Gasteiger partial charge on any atom is -0.303 e. The smallest absolute Gasteiger partial charge is 0.121 e. The molecule has 0 bridgehead atoms. The number of hydrogen-bond acceptors (Lipinski definition) is 2. The maximum atomic E-state index is 10.6. The molecule has 2 aromatic rings. The average Bonchev–Trinajstić information content (AvgIpc) is 2.85. The third-order valence-electron chi connectivity index (χ3n) is 3.76. The van der Waals surface area contributed by atoms with Crippen molar-refractivity contribution in [3.05, 3.63) is 41.6 Å². The largest absolute Gasteiger partial charge is 0.303 e. The standard InChI is InChI=1S/C16H18N2O/c19-12-6-11-18-15-10-5-4-9-14(15)16(17-18)13-7-2-1-3-8-13/h1-3,7-8,12H,4-6,9-11H2. The summed E-state index contributed by atoms with van der Waals surface area (Å²) in [7, 11) is 0. The maximum absolute atomic E-state index is 10.6. The molecule has 0 radical (unpaired) electrons. The van der Waals surface area contributed by atoms with Crippen molar-refractivity contribution in [3.8, 4) is 11.3 Å². The maximum Gasteiger partial charge on any atom is 0.121 e. The normalized spacial score (nSPS) is 14.1. The van der Waals surface area contributed by atoms with E-state index in [0.717, 1.165) is 24.8 Å². The van der Waals surface area contributed by atoms with Gasteiger partial charge in [-0.25, -0.2) is 0 Å². The molecule has 1 aliphatic carbocycles. The van der Waals surface area contributed by atoms with Crippen molar-refractivity contribution in [2.24, 2.45) is 0 Å². The molecule has 98 valence electrons. The SMILES string of the molecule is O=CCCn1nc(-c2ccccc2)c2c1CCCC2. The van der Waals surface area contributed by atoms with Gasteiger partial charge >= 0.3 is 0 Å². The first-order valence-corrected chi connectivity index (χ1v) is 6.98. The van der Waals surface area contributed by atoms with E-state index < -0.39 is 0 Å². The number of aromatic nitrogens is 2. The van der Waals surface area contributed by atoms with Gasteiger partial charge in [-0.2, -0.15) is 5.10 Å². The highest BCUT2D eigenvalue weighted by Gasteiger charge is 2.21. The van der Waals surface area contributed by atoms with Crippen molar-refractivity contribution in [1.82, 2.24) is 9.78 Å². The van der Waals surface area contributed by atoms with Crippen molar-refractivity contribution in [2.45, 2.75) is 38.6 Å². The van der Waals surface area contributed by atoms with Crippen molar-refractivity contribution in [3.63, 3.8) is 0 Å². The molecule has 0 spiro atoms. The summed E-state index contributed by atoms with van der Waals surface area (Å²) in [5.74, 6) is 0. The Bertz CT molecular complexity index is 572. The van der Waals surface area contributed by atoms with Gasteiger partial charge in [0, 0.05) is 29.8 Å². The Morgan fingerprint density at radius 1 is 1.16 bits per heavy atom. The van der Waals surface area contributed by atoms with Gasteiger partial charge in [0.05, 0.1) is 5.69 Å². The number of hydrogen-bond donors (Lipinski definition) is 0. The summed E-state index contributed by atoms with van der Waals surface area (Å²) in [6.45, 7) is 0.707. The van der Waals surface area contributed by atoms with Crippen molar-refractivity contribution >= 4 is 6.29 Å². The van der Waals surface area contributed by atoms with Gasteiger partial charge in [-0.15, -0.1) is 0 Å². The molecule has 1 aromatic carbocycles. The first kappa shape index (κ1) is 12.2. The van der Waals surface area contributed by atoms with E-state index in [2.05, 4.69) is 24.3 Å². The van der Waals surface area contributed by atoms with Gasteiger partial charge in [-0.3, -0.25) is 4.68 Å². The molecule has 0 atom stereocenters. The minimum absolute atomic E-state index is 0.544. The molecule has 1 aliphatic rings. The fraction of sp³-hybridized carbons (Fsp3) is 0.375. The van der Waals surface area contributed by atoms with E-state index in [1.807, 2.05) is 10.7 Å². The number of carbonyl (C=O) groups is 1. The van der Waals surface area contributed by atoms with Gasteiger partial charge in [0.2, 0.25) is 0 Å². The Kier molecular flexibility index (Phi) is 3.45. The quantitative estimate of drug-likeness (QED) is 0.786. The molecule has 0 saturated carbocycles. The van der Waals surface area contributed by atoms with Gasteiger partial charge < -0.3 is 4.79 Å². The van der Waals surface area contributed by atoms with Crippen LogP contribution in [0.5, 0.6) is 0 Å². The van der Waals surface area contributed by atoms with E-state index >= 15 is 0 Å². The number of nitrogens with zero attached hydrogens (tertiary/aromatic N) is 2. The van der Waals surface area contributed by atoms with E-state index in [1.54, 1.807) is 0 Å². The summed E-state index contributed by atoms with van der Waals surface area (Å²) in [4.78, 5) is 10.6. The molecule has 0 unspecified atom stereocenters. The molecule has 1 aromatic heterocycles. The van der Waals surface area contributed by atoms with E-state index in [-0.39, 0.29) is 0 Å². The molecule has 19 heavy (non-hydrogen) atoms. The van der Waals surface area contributed by atoms with Crippen molar-refractivity contribution in [1.29, 1.82) is 0 Å². The van der Waals surface area contributed by atoms with E-state index in [0.29, 0.717) is 13.0 Å². The number of aldehydes is 1. The topological polar surface area (TPSA) is 34.9 Å². The second-order valence-electron chi connectivity index (χ2n) is 5.03. The van der Waals surface area contributed by atoms with Crippen molar-refractivity contribution < 1.29 is 4.79 Å². The lowest BCUT2D eigenvalue weighted by molar-refractivity contribution is -0.108. The summed E-state index contributed by atoms with van der Waals surface area (Å²) in [5, 5.41) is 4.76. The zero-order valence-corrected chi connectivity index (χ0v) is 11.0. The monoisotopic (exact) mass is 254 g/mol. The van der Waals surface area contributed by atoms with Crippen LogP contribution in [-0.2, 0) is 24.2 Å². The highest BCUT2D eigenvalue weighted by Crippen LogP contribution is 2.31. The van der Waals surface area contributed by atoms with Crippen LogP contribution < -0.4 is 0 Å². The lowest BCUT2D eigenvalue weighted by Gasteiger charge is -2.13. The molecular formula is C16H18N2O. The molecule has 0 amide bonds. The molecule has 3 heteroatoms. The first-order valence-electron chi connectivity index (χ1n) is 6.98. The zero-order chi connectivity index (χ0) is 13.1. The summed E-state index contributed by atoms with van der Waals surface area (Å²) in [6, 6.07) is 10.4. The van der Waals surface area contributed by atoms with Crippen LogP contribution in [0.2, 0.25) is 0 Å². The van der Waals surface area contributed by atoms with Crippen LogP contribution in [0, 0.1) is 0 Å². The molecule has 0 N–H and O–H groups in total. The number of rotatable bonds is 4. The Morgan fingerprint density at radius 3 is 2.74 bits per heavy atom. The second-order valence-corrected chi connectivity index (χ2v) is 5.03. The molecule has 3 nitrogen and oxygen atoms in total. The highest BCUT2D eigenvalue weighted by atomic mass is 16.1. The molecular weight excluding hydrogens is 236 g/mol. The Balaban J connectivity index is 2.04. The predicted octanol–water partition coefficient (Wildman–Crippen LogP) is 3.02. The van der Waals surface area contributed by atoms with Gasteiger partial charge in [0.25, 0.3) is 0 Å². The van der Waals surface area contributed by atoms with Crippen LogP contribution in [0.4, 0.5) is 0 Å². The number of aryl methyl sites for hydroxylation is 1. The highest BCUT2D eigenvalue weighted by molar-refractivity contribution is 5.64. The number of benzene rings is 1. The van der Waals surface area contributed by atoms with Gasteiger partial charge in [-0.05, 0) is 25.7 Å². The van der Waals surface area contributed by atoms with Crippen molar-refractivity contribution in [2.75, 3.05) is 0 Å². The van der Waals surface area contributed by atoms with Gasteiger partial charge in [0.1, 0.15) is 6.29 Å². The van der Waals surface area contributed by atoms with Gasteiger partial charge in [-0.1, -0.05) is 30.3 Å². The van der Waals surface area contributed by atoms with E-state index in [1.165, 1.54) is 29.7 Å². The second kappa shape index (κ2) is 5.39. The molecule has 0 aliphatic heterocycles. The first-order chi connectivity index (χ1) is 9.40. The fourth-order valence-corrected chi connectivity index (χ4v) is 2.86. The Morgan fingerprint density at radius 2 is 1.95 bits per heavy atom. The Labute approximate surface area is 113 Å².